The van der Waals surface area contributed by atoms with Crippen LogP contribution in [0.1, 0.15) is 65.7 Å². The molecule has 3 amide bonds. The quantitative estimate of drug-likeness (QED) is 0.360. The van der Waals surface area contributed by atoms with Gasteiger partial charge in [-0.1, -0.05) is 43.5 Å². The number of hydrogen-bond donors (Lipinski definition) is 3. The van der Waals surface area contributed by atoms with Crippen LogP contribution in [-0.2, 0) is 19.1 Å². The van der Waals surface area contributed by atoms with E-state index < -0.39 is 59.1 Å². The average Bonchev–Trinajstić information content (AvgIpc) is 3.55. The molecule has 3 fully saturated rings. The molecule has 2 heterocycles. The summed E-state index contributed by atoms with van der Waals surface area (Å²) in [6.07, 6.45) is 6.69. The highest BCUT2D eigenvalue weighted by Gasteiger charge is 2.61. The molecule has 11 nitrogen and oxygen atoms in total. The van der Waals surface area contributed by atoms with Crippen LogP contribution in [0.25, 0.3) is 10.9 Å². The maximum atomic E-state index is 14.4. The number of benzene rings is 1. The van der Waals surface area contributed by atoms with Crippen molar-refractivity contribution in [3.63, 3.8) is 0 Å². The van der Waals surface area contributed by atoms with Crippen LogP contribution in [0, 0.1) is 11.8 Å². The topological polar surface area (TPSA) is 147 Å². The summed E-state index contributed by atoms with van der Waals surface area (Å²) in [5.74, 6) is -2.15. The summed E-state index contributed by atoms with van der Waals surface area (Å²) in [6, 6.07) is 7.40. The van der Waals surface area contributed by atoms with Crippen LogP contribution < -0.4 is 15.4 Å². The van der Waals surface area contributed by atoms with E-state index in [1.54, 1.807) is 33.0 Å². The number of carbonyl (C=O) groups excluding carboxylic acids is 3. The number of carbonyl (C=O) groups is 4. The van der Waals surface area contributed by atoms with Gasteiger partial charge in [-0.05, 0) is 58.1 Å². The Morgan fingerprint density at radius 2 is 1.86 bits per heavy atom. The lowest BCUT2D eigenvalue weighted by molar-refractivity contribution is -0.146. The number of aromatic nitrogens is 1. The van der Waals surface area contributed by atoms with Crippen LogP contribution in [0.4, 0.5) is 4.79 Å². The maximum absolute atomic E-state index is 14.4. The first-order valence-corrected chi connectivity index (χ1v) is 15.4. The number of para-hydroxylation sites is 1. The molecule has 44 heavy (non-hydrogen) atoms. The van der Waals surface area contributed by atoms with Gasteiger partial charge in [-0.3, -0.25) is 14.6 Å². The Labute approximate surface area is 257 Å². The number of carboxylic acid groups (broad SMARTS) is 1. The van der Waals surface area contributed by atoms with Crippen molar-refractivity contribution in [3.8, 4) is 5.75 Å². The fourth-order valence-electron chi connectivity index (χ4n) is 6.51. The molecule has 11 heteroatoms. The second kappa shape index (κ2) is 12.5. The van der Waals surface area contributed by atoms with Crippen molar-refractivity contribution >= 4 is 34.8 Å². The number of ether oxygens (including phenoxy) is 2. The van der Waals surface area contributed by atoms with E-state index in [1.807, 2.05) is 24.3 Å². The normalized spacial score (nSPS) is 26.0. The molecule has 0 spiro atoms. The minimum absolute atomic E-state index is 0.0737. The van der Waals surface area contributed by atoms with Crippen molar-refractivity contribution in [1.82, 2.24) is 20.5 Å². The van der Waals surface area contributed by atoms with Gasteiger partial charge in [0.2, 0.25) is 11.8 Å². The van der Waals surface area contributed by atoms with Gasteiger partial charge in [-0.15, -0.1) is 6.58 Å². The first-order chi connectivity index (χ1) is 20.9. The number of amides is 3. The molecule has 3 N–H and O–H groups in total. The van der Waals surface area contributed by atoms with Gasteiger partial charge < -0.3 is 30.1 Å². The van der Waals surface area contributed by atoms with Crippen LogP contribution in [-0.4, -0.2) is 74.7 Å². The van der Waals surface area contributed by atoms with E-state index in [0.29, 0.717) is 11.3 Å². The Balaban J connectivity index is 1.43. The van der Waals surface area contributed by atoms with Crippen molar-refractivity contribution in [2.45, 2.75) is 95.0 Å². The number of carboxylic acids is 1. The molecule has 2 aliphatic carbocycles. The third-order valence-electron chi connectivity index (χ3n) is 8.82. The predicted octanol–water partition coefficient (Wildman–Crippen LogP) is 4.20. The summed E-state index contributed by atoms with van der Waals surface area (Å²) < 4.78 is 11.9. The molecule has 1 aromatic carbocycles. The fraction of sp³-hybridized carbons (Fsp3) is 0.545. The molecule has 3 unspecified atom stereocenters. The Bertz CT molecular complexity index is 1430. The van der Waals surface area contributed by atoms with E-state index >= 15 is 0 Å². The Hall–Kier alpha value is -4.15. The number of alkyl carbamates (subject to hydrolysis) is 1. The summed E-state index contributed by atoms with van der Waals surface area (Å²) >= 11 is 0. The van der Waals surface area contributed by atoms with Gasteiger partial charge in [-0.2, -0.15) is 0 Å². The average molecular weight is 607 g/mol. The summed E-state index contributed by atoms with van der Waals surface area (Å²) in [6.45, 7) is 9.03. The largest absolute Gasteiger partial charge is 0.486 e. The number of hydrogen-bond acceptors (Lipinski definition) is 7. The zero-order chi connectivity index (χ0) is 31.6. The van der Waals surface area contributed by atoms with Gasteiger partial charge >= 0.3 is 12.1 Å². The van der Waals surface area contributed by atoms with Crippen molar-refractivity contribution in [2.75, 3.05) is 6.54 Å². The molecule has 5 rings (SSSR count). The van der Waals surface area contributed by atoms with Gasteiger partial charge in [0.25, 0.3) is 0 Å². The minimum atomic E-state index is -1.45. The van der Waals surface area contributed by atoms with E-state index in [-0.39, 0.29) is 25.3 Å². The Morgan fingerprint density at radius 3 is 2.52 bits per heavy atom. The van der Waals surface area contributed by atoms with Crippen molar-refractivity contribution in [1.29, 1.82) is 0 Å². The Morgan fingerprint density at radius 1 is 1.14 bits per heavy atom. The van der Waals surface area contributed by atoms with E-state index in [1.165, 1.54) is 11.0 Å². The smallest absolute Gasteiger partial charge is 0.408 e. The number of nitrogens with zero attached hydrogens (tertiary/aromatic N) is 2. The SMILES string of the molecule is C=CC1CC1(NC(=O)[C@@H]1CC(Oc2cccc3cccnc23)CN1C(=O)[C@@H](NC(=O)OC(C)(C)C)C1CCCCC1)C(=O)O. The van der Waals surface area contributed by atoms with E-state index in [0.717, 1.165) is 37.5 Å². The molecule has 3 aliphatic rings. The Kier molecular flexibility index (Phi) is 8.85. The first kappa shape index (κ1) is 31.3. The highest BCUT2D eigenvalue weighted by atomic mass is 16.6. The summed E-state index contributed by atoms with van der Waals surface area (Å²) in [7, 11) is 0. The van der Waals surface area contributed by atoms with Crippen LogP contribution in [0.5, 0.6) is 5.75 Å². The van der Waals surface area contributed by atoms with Crippen molar-refractivity contribution in [2.24, 2.45) is 11.8 Å². The second-order valence-corrected chi connectivity index (χ2v) is 13.1. The minimum Gasteiger partial charge on any atom is -0.486 e. The van der Waals surface area contributed by atoms with E-state index in [9.17, 15) is 24.3 Å². The number of nitrogens with one attached hydrogen (secondary N) is 2. The molecule has 236 valence electrons. The van der Waals surface area contributed by atoms with Crippen LogP contribution in [0.2, 0.25) is 0 Å². The lowest BCUT2D eigenvalue weighted by Gasteiger charge is -2.35. The maximum Gasteiger partial charge on any atom is 0.408 e. The predicted molar refractivity (Wildman–Crippen MR) is 163 cm³/mol. The third-order valence-corrected chi connectivity index (χ3v) is 8.82. The van der Waals surface area contributed by atoms with E-state index in [2.05, 4.69) is 22.2 Å². The molecular weight excluding hydrogens is 564 g/mol. The molecule has 2 saturated carbocycles. The van der Waals surface area contributed by atoms with Gasteiger partial charge in [0, 0.05) is 23.9 Å². The van der Waals surface area contributed by atoms with Crippen LogP contribution in [0.3, 0.4) is 0 Å². The molecule has 5 atom stereocenters. The number of aliphatic carboxylic acids is 1. The van der Waals surface area contributed by atoms with Gasteiger partial charge in [-0.25, -0.2) is 9.59 Å². The summed E-state index contributed by atoms with van der Waals surface area (Å²) in [5.41, 5.74) is -1.56. The summed E-state index contributed by atoms with van der Waals surface area (Å²) in [5, 5.41) is 16.4. The van der Waals surface area contributed by atoms with Crippen molar-refractivity contribution < 1.29 is 33.8 Å². The first-order valence-electron chi connectivity index (χ1n) is 15.4. The molecule has 0 bridgehead atoms. The number of fused-ring (bicyclic) bond motifs is 1. The molecule has 1 aromatic heterocycles. The number of likely N-dealkylation sites (tertiary alicyclic amines) is 1. The fourth-order valence-corrected chi connectivity index (χ4v) is 6.51. The molecule has 0 radical (unpaired) electrons. The standard InChI is InChI=1S/C33H42N4O7/c1-5-22-18-33(22,30(40)41)36-28(38)24-17-23(43-25-15-9-13-20-14-10-16-34-26(20)25)19-37(24)29(39)27(21-11-7-6-8-12-21)35-31(42)44-32(2,3)4/h5,9-10,13-16,21-24,27H,1,6-8,11-12,17-19H2,2-4H3,(H,35,42)(H,36,38)(H,40,41)/t22?,23?,24-,27-,33?/m0/s1. The third kappa shape index (κ3) is 6.66. The van der Waals surface area contributed by atoms with Gasteiger partial charge in [0.05, 0.1) is 6.54 Å². The monoisotopic (exact) mass is 606 g/mol. The van der Waals surface area contributed by atoms with Gasteiger partial charge in [0.1, 0.15) is 40.6 Å². The molecule has 1 saturated heterocycles. The number of rotatable bonds is 9. The second-order valence-electron chi connectivity index (χ2n) is 13.1. The number of pyridine rings is 1. The van der Waals surface area contributed by atoms with Gasteiger partial charge in [0.15, 0.2) is 0 Å². The zero-order valence-corrected chi connectivity index (χ0v) is 25.6. The van der Waals surface area contributed by atoms with Crippen molar-refractivity contribution in [3.05, 3.63) is 49.2 Å². The molecular formula is C33H42N4O7. The lowest BCUT2D eigenvalue weighted by Crippen LogP contribution is -2.58. The lowest BCUT2D eigenvalue weighted by atomic mass is 9.83. The molecule has 1 aliphatic heterocycles. The highest BCUT2D eigenvalue weighted by molar-refractivity contribution is 5.96. The van der Waals surface area contributed by atoms with Crippen LogP contribution >= 0.6 is 0 Å². The molecule has 2 aromatic rings. The zero-order valence-electron chi connectivity index (χ0n) is 25.6. The summed E-state index contributed by atoms with van der Waals surface area (Å²) in [4.78, 5) is 59.2. The highest BCUT2D eigenvalue weighted by Crippen LogP contribution is 2.45. The van der Waals surface area contributed by atoms with Crippen LogP contribution in [0.15, 0.2) is 49.2 Å². The van der Waals surface area contributed by atoms with E-state index in [4.69, 9.17) is 9.47 Å².